The van der Waals surface area contributed by atoms with Gasteiger partial charge >= 0.3 is 0 Å². The number of hydrogen-bond donors (Lipinski definition) is 0. The minimum absolute atomic E-state index is 0.200. The smallest absolute Gasteiger partial charge is 0.123 e. The molecule has 1 aliphatic heterocycles. The van der Waals surface area contributed by atoms with E-state index in [1.54, 1.807) is 0 Å². The molecular formula is C19H22FNO. The number of benzene rings is 2. The first-order chi connectivity index (χ1) is 10.6. The minimum atomic E-state index is -0.200. The molecule has 1 atom stereocenters. The van der Waals surface area contributed by atoms with Crippen molar-refractivity contribution in [2.75, 3.05) is 20.6 Å². The second kappa shape index (κ2) is 6.59. The van der Waals surface area contributed by atoms with E-state index in [0.29, 0.717) is 6.61 Å². The normalized spacial score (nSPS) is 17.0. The van der Waals surface area contributed by atoms with Crippen LogP contribution in [0.3, 0.4) is 0 Å². The third kappa shape index (κ3) is 3.37. The lowest BCUT2D eigenvalue weighted by Gasteiger charge is -2.14. The summed E-state index contributed by atoms with van der Waals surface area (Å²) in [5, 5.41) is 0. The zero-order valence-corrected chi connectivity index (χ0v) is 13.2. The van der Waals surface area contributed by atoms with Crippen LogP contribution in [0.25, 0.3) is 11.1 Å². The molecule has 3 heteroatoms. The van der Waals surface area contributed by atoms with Gasteiger partial charge in [-0.25, -0.2) is 4.39 Å². The van der Waals surface area contributed by atoms with Gasteiger partial charge in [-0.3, -0.25) is 0 Å². The SMILES string of the molecule is CN(C)CCCC1OCc2cc(-c3ccc(F)cc3)ccc21. The van der Waals surface area contributed by atoms with Gasteiger partial charge in [-0.05, 0) is 73.9 Å². The lowest BCUT2D eigenvalue weighted by molar-refractivity contribution is 0.0573. The predicted octanol–water partition coefficient (Wildman–Crippen LogP) is 4.41. The van der Waals surface area contributed by atoms with Crippen LogP contribution >= 0.6 is 0 Å². The van der Waals surface area contributed by atoms with E-state index in [1.807, 2.05) is 12.1 Å². The predicted molar refractivity (Wildman–Crippen MR) is 87.2 cm³/mol. The summed E-state index contributed by atoms with van der Waals surface area (Å²) in [6.45, 7) is 1.76. The van der Waals surface area contributed by atoms with Crippen molar-refractivity contribution < 1.29 is 9.13 Å². The van der Waals surface area contributed by atoms with Gasteiger partial charge in [0, 0.05) is 0 Å². The molecule has 2 aromatic carbocycles. The summed E-state index contributed by atoms with van der Waals surface area (Å²) < 4.78 is 19.0. The van der Waals surface area contributed by atoms with Gasteiger partial charge in [0.1, 0.15) is 5.82 Å². The molecule has 3 rings (SSSR count). The van der Waals surface area contributed by atoms with Crippen molar-refractivity contribution in [3.05, 3.63) is 59.4 Å². The Morgan fingerprint density at radius 2 is 1.82 bits per heavy atom. The monoisotopic (exact) mass is 299 g/mol. The summed E-state index contributed by atoms with van der Waals surface area (Å²) >= 11 is 0. The van der Waals surface area contributed by atoms with Crippen LogP contribution in [0.4, 0.5) is 4.39 Å². The Hall–Kier alpha value is -1.71. The molecule has 1 unspecified atom stereocenters. The highest BCUT2D eigenvalue weighted by atomic mass is 19.1. The molecule has 0 N–H and O–H groups in total. The summed E-state index contributed by atoms with van der Waals surface area (Å²) in [4.78, 5) is 2.20. The quantitative estimate of drug-likeness (QED) is 0.811. The molecule has 2 nitrogen and oxygen atoms in total. The van der Waals surface area contributed by atoms with Crippen LogP contribution in [0.5, 0.6) is 0 Å². The molecule has 22 heavy (non-hydrogen) atoms. The van der Waals surface area contributed by atoms with E-state index in [2.05, 4.69) is 37.2 Å². The van der Waals surface area contributed by atoms with Gasteiger partial charge < -0.3 is 9.64 Å². The van der Waals surface area contributed by atoms with Crippen LogP contribution < -0.4 is 0 Å². The molecule has 0 aromatic heterocycles. The Bertz CT molecular complexity index is 636. The number of rotatable bonds is 5. The number of hydrogen-bond acceptors (Lipinski definition) is 2. The third-order valence-corrected chi connectivity index (χ3v) is 4.18. The van der Waals surface area contributed by atoms with Crippen LogP contribution in [-0.4, -0.2) is 25.5 Å². The molecule has 2 aromatic rings. The first-order valence-electron chi connectivity index (χ1n) is 7.78. The Morgan fingerprint density at radius 3 is 2.55 bits per heavy atom. The number of ether oxygens (including phenoxy) is 1. The molecule has 0 fully saturated rings. The summed E-state index contributed by atoms with van der Waals surface area (Å²) in [5.74, 6) is -0.200. The second-order valence-electron chi connectivity index (χ2n) is 6.17. The van der Waals surface area contributed by atoms with E-state index < -0.39 is 0 Å². The molecule has 116 valence electrons. The van der Waals surface area contributed by atoms with Crippen LogP contribution in [0.1, 0.15) is 30.1 Å². The van der Waals surface area contributed by atoms with Gasteiger partial charge in [-0.2, -0.15) is 0 Å². The largest absolute Gasteiger partial charge is 0.369 e. The van der Waals surface area contributed by atoms with Gasteiger partial charge in [0.2, 0.25) is 0 Å². The Morgan fingerprint density at radius 1 is 1.09 bits per heavy atom. The fourth-order valence-corrected chi connectivity index (χ4v) is 2.98. The Kier molecular flexibility index (Phi) is 4.55. The Labute approximate surface area is 131 Å². The van der Waals surface area contributed by atoms with Crippen molar-refractivity contribution in [3.8, 4) is 11.1 Å². The second-order valence-corrected chi connectivity index (χ2v) is 6.17. The molecule has 0 saturated heterocycles. The summed E-state index contributed by atoms with van der Waals surface area (Å²) in [6.07, 6.45) is 2.41. The standard InChI is InChI=1S/C19H22FNO/c1-21(2)11-3-4-19-18-10-7-15(12-16(18)13-22-19)14-5-8-17(20)9-6-14/h5-10,12,19H,3-4,11,13H2,1-2H3. The molecule has 0 amide bonds. The van der Waals surface area contributed by atoms with Crippen molar-refractivity contribution in [3.63, 3.8) is 0 Å². The van der Waals surface area contributed by atoms with Crippen molar-refractivity contribution >= 4 is 0 Å². The number of nitrogens with zero attached hydrogens (tertiary/aromatic N) is 1. The average Bonchev–Trinajstić information content (AvgIpc) is 2.90. The zero-order chi connectivity index (χ0) is 15.5. The van der Waals surface area contributed by atoms with Crippen molar-refractivity contribution in [1.29, 1.82) is 0 Å². The number of fused-ring (bicyclic) bond motifs is 1. The highest BCUT2D eigenvalue weighted by Gasteiger charge is 2.23. The topological polar surface area (TPSA) is 12.5 Å². The minimum Gasteiger partial charge on any atom is -0.369 e. The molecule has 1 aliphatic rings. The van der Waals surface area contributed by atoms with Crippen LogP contribution in [-0.2, 0) is 11.3 Å². The van der Waals surface area contributed by atoms with Crippen LogP contribution in [0.15, 0.2) is 42.5 Å². The summed E-state index contributed by atoms with van der Waals surface area (Å²) in [5.41, 5.74) is 4.73. The molecular weight excluding hydrogens is 277 g/mol. The van der Waals surface area contributed by atoms with Crippen LogP contribution in [0.2, 0.25) is 0 Å². The molecule has 1 heterocycles. The molecule has 0 saturated carbocycles. The lowest BCUT2D eigenvalue weighted by atomic mass is 9.97. The van der Waals surface area contributed by atoms with Crippen LogP contribution in [0, 0.1) is 5.82 Å². The van der Waals surface area contributed by atoms with Crippen molar-refractivity contribution in [2.45, 2.75) is 25.6 Å². The Balaban J connectivity index is 1.74. The van der Waals surface area contributed by atoms with E-state index in [0.717, 1.165) is 30.5 Å². The highest BCUT2D eigenvalue weighted by Crippen LogP contribution is 2.36. The molecule has 0 spiro atoms. The van der Waals surface area contributed by atoms with Gasteiger partial charge in [0.05, 0.1) is 12.7 Å². The van der Waals surface area contributed by atoms with Crippen molar-refractivity contribution in [2.24, 2.45) is 0 Å². The fraction of sp³-hybridized carbons (Fsp3) is 0.368. The molecule has 0 aliphatic carbocycles. The van der Waals surface area contributed by atoms with Gasteiger partial charge in [0.25, 0.3) is 0 Å². The lowest BCUT2D eigenvalue weighted by Crippen LogP contribution is -2.13. The van der Waals surface area contributed by atoms with E-state index in [4.69, 9.17) is 4.74 Å². The summed E-state index contributed by atoms with van der Waals surface area (Å²) in [6, 6.07) is 13.1. The summed E-state index contributed by atoms with van der Waals surface area (Å²) in [7, 11) is 4.19. The first-order valence-corrected chi connectivity index (χ1v) is 7.78. The van der Waals surface area contributed by atoms with Gasteiger partial charge in [-0.15, -0.1) is 0 Å². The molecule has 0 radical (unpaired) electrons. The zero-order valence-electron chi connectivity index (χ0n) is 13.2. The highest BCUT2D eigenvalue weighted by molar-refractivity contribution is 5.65. The fourth-order valence-electron chi connectivity index (χ4n) is 2.98. The van der Waals surface area contributed by atoms with E-state index in [-0.39, 0.29) is 11.9 Å². The van der Waals surface area contributed by atoms with Gasteiger partial charge in [0.15, 0.2) is 0 Å². The average molecular weight is 299 g/mol. The number of halogens is 1. The maximum Gasteiger partial charge on any atom is 0.123 e. The van der Waals surface area contributed by atoms with E-state index in [9.17, 15) is 4.39 Å². The maximum absolute atomic E-state index is 13.0. The van der Waals surface area contributed by atoms with E-state index in [1.165, 1.54) is 23.3 Å². The van der Waals surface area contributed by atoms with Gasteiger partial charge in [-0.1, -0.05) is 24.3 Å². The molecule has 0 bridgehead atoms. The van der Waals surface area contributed by atoms with Crippen molar-refractivity contribution in [1.82, 2.24) is 4.90 Å². The maximum atomic E-state index is 13.0. The third-order valence-electron chi connectivity index (χ3n) is 4.18. The first kappa shape index (κ1) is 15.2. The van der Waals surface area contributed by atoms with E-state index >= 15 is 0 Å².